The molecule has 0 aromatic heterocycles. The molecule has 12 nitrogen and oxygen atoms in total. The molecule has 0 bridgehead atoms. The third-order valence-electron chi connectivity index (χ3n) is 11.2. The van der Waals surface area contributed by atoms with Gasteiger partial charge >= 0.3 is 6.03 Å². The van der Waals surface area contributed by atoms with Crippen LogP contribution in [0.5, 0.6) is 0 Å². The van der Waals surface area contributed by atoms with E-state index in [0.717, 1.165) is 44.9 Å². The molecule has 5 amide bonds. The number of fused-ring (bicyclic) bond motifs is 1. The number of Topliss-reactive ketones (excluding diaryl/α,β-unsaturated/α-hetero) is 1. The quantitative estimate of drug-likeness (QED) is 0.217. The van der Waals surface area contributed by atoms with Gasteiger partial charge in [0, 0.05) is 12.6 Å². The summed E-state index contributed by atoms with van der Waals surface area (Å²) < 4.78 is 26.3. The van der Waals surface area contributed by atoms with Gasteiger partial charge in [-0.05, 0) is 66.4 Å². The van der Waals surface area contributed by atoms with Crippen molar-refractivity contribution in [1.82, 2.24) is 20.9 Å². The molecule has 4 aliphatic rings. The average molecular weight is 686 g/mol. The van der Waals surface area contributed by atoms with Crippen molar-refractivity contribution in [3.63, 3.8) is 0 Å². The van der Waals surface area contributed by atoms with Crippen molar-refractivity contribution in [2.75, 3.05) is 12.3 Å². The first kappa shape index (κ1) is 35.8. The number of urea groups is 1. The first-order valence-electron chi connectivity index (χ1n) is 17.4. The van der Waals surface area contributed by atoms with Crippen molar-refractivity contribution in [3.05, 3.63) is 30.3 Å². The predicted octanol–water partition coefficient (Wildman–Crippen LogP) is 2.56. The Bertz CT molecular complexity index is 1500. The van der Waals surface area contributed by atoms with Gasteiger partial charge in [-0.25, -0.2) is 13.2 Å². The molecule has 1 aromatic carbocycles. The van der Waals surface area contributed by atoms with Crippen LogP contribution in [0.1, 0.15) is 79.1 Å². The summed E-state index contributed by atoms with van der Waals surface area (Å²) >= 11 is 0. The summed E-state index contributed by atoms with van der Waals surface area (Å²) in [5, 5.41) is 8.53. The Hall–Kier alpha value is -3.48. The van der Waals surface area contributed by atoms with Crippen LogP contribution in [0.2, 0.25) is 0 Å². The number of carbonyl (C=O) groups excluding carboxylic acids is 5. The Morgan fingerprint density at radius 1 is 0.938 bits per heavy atom. The zero-order valence-corrected chi connectivity index (χ0v) is 29.3. The maximum absolute atomic E-state index is 14.5. The number of sulfone groups is 1. The lowest BCUT2D eigenvalue weighted by atomic mass is 9.83. The smallest absolute Gasteiger partial charge is 0.315 e. The standard InChI is InChI=1S/C35H51N5O7S/c1-20(2)26(19-48(46,47)23-13-9-6-10-14-23)38-34(45)39-28(22-11-7-5-8-12-22)33(44)40-18-24-27(35(24,3)4)29(40)32(43)37-25(17-21-15-16-21)30(41)31(36)42/h6,9-10,13-14,20-22,24-29H,5,7-8,11-12,15-19H2,1-4H3,(H2,36,42)(H,37,43)(H2,38,39,45)/t24?,25?,26-,27?,28+,29?/m1/s1. The Balaban J connectivity index is 1.34. The second-order valence-electron chi connectivity index (χ2n) is 15.3. The molecule has 3 aliphatic carbocycles. The molecule has 1 heterocycles. The number of nitrogens with zero attached hydrogens (tertiary/aromatic N) is 1. The number of carbonyl (C=O) groups is 5. The highest BCUT2D eigenvalue weighted by Crippen LogP contribution is 2.65. The van der Waals surface area contributed by atoms with Gasteiger partial charge in [-0.15, -0.1) is 0 Å². The Morgan fingerprint density at radius 3 is 2.17 bits per heavy atom. The molecule has 6 atom stereocenters. The van der Waals surface area contributed by atoms with Crippen LogP contribution in [0.3, 0.4) is 0 Å². The maximum atomic E-state index is 14.5. The van der Waals surface area contributed by atoms with Gasteiger partial charge < -0.3 is 26.6 Å². The lowest BCUT2D eigenvalue weighted by molar-refractivity contribution is -0.144. The molecule has 48 heavy (non-hydrogen) atoms. The van der Waals surface area contributed by atoms with Gasteiger partial charge in [0.15, 0.2) is 9.84 Å². The first-order chi connectivity index (χ1) is 22.6. The average Bonchev–Trinajstić information content (AvgIpc) is 3.90. The number of hydrogen-bond acceptors (Lipinski definition) is 7. The van der Waals surface area contributed by atoms with E-state index >= 15 is 0 Å². The minimum absolute atomic E-state index is 0.0697. The molecule has 13 heteroatoms. The molecule has 3 saturated carbocycles. The van der Waals surface area contributed by atoms with E-state index in [9.17, 15) is 32.4 Å². The molecule has 4 fully saturated rings. The number of primary amides is 1. The molecule has 264 valence electrons. The first-order valence-corrected chi connectivity index (χ1v) is 19.1. The number of benzene rings is 1. The number of piperidine rings is 1. The molecule has 1 aliphatic heterocycles. The highest BCUT2D eigenvalue weighted by atomic mass is 32.2. The number of nitrogens with one attached hydrogen (secondary N) is 3. The van der Waals surface area contributed by atoms with Crippen molar-refractivity contribution in [1.29, 1.82) is 0 Å². The molecule has 0 radical (unpaired) electrons. The van der Waals surface area contributed by atoms with Crippen LogP contribution in [0.25, 0.3) is 0 Å². The number of nitrogens with two attached hydrogens (primary N) is 1. The van der Waals surface area contributed by atoms with Crippen LogP contribution in [0.4, 0.5) is 4.79 Å². The fraction of sp³-hybridized carbons (Fsp3) is 0.686. The third kappa shape index (κ3) is 7.87. The van der Waals surface area contributed by atoms with Crippen molar-refractivity contribution in [3.8, 4) is 0 Å². The number of rotatable bonds is 14. The molecule has 1 aromatic rings. The van der Waals surface area contributed by atoms with Crippen LogP contribution >= 0.6 is 0 Å². The van der Waals surface area contributed by atoms with Crippen molar-refractivity contribution in [2.24, 2.45) is 40.7 Å². The van der Waals surface area contributed by atoms with Crippen LogP contribution in [0.15, 0.2) is 35.2 Å². The summed E-state index contributed by atoms with van der Waals surface area (Å²) in [6.45, 7) is 8.11. The van der Waals surface area contributed by atoms with Gasteiger partial charge in [-0.3, -0.25) is 19.2 Å². The predicted molar refractivity (Wildman–Crippen MR) is 179 cm³/mol. The van der Waals surface area contributed by atoms with Crippen molar-refractivity contribution < 1.29 is 32.4 Å². The van der Waals surface area contributed by atoms with Gasteiger partial charge in [0.1, 0.15) is 12.1 Å². The third-order valence-corrected chi connectivity index (χ3v) is 13.0. The topological polar surface area (TPSA) is 185 Å². The van der Waals surface area contributed by atoms with Crippen LogP contribution in [0, 0.1) is 35.0 Å². The summed E-state index contributed by atoms with van der Waals surface area (Å²) in [7, 11) is -3.70. The minimum Gasteiger partial charge on any atom is -0.363 e. The lowest BCUT2D eigenvalue weighted by Gasteiger charge is -2.37. The summed E-state index contributed by atoms with van der Waals surface area (Å²) in [6, 6.07) is 3.90. The monoisotopic (exact) mass is 685 g/mol. The van der Waals surface area contributed by atoms with E-state index in [2.05, 4.69) is 29.8 Å². The molecule has 4 unspecified atom stereocenters. The number of amides is 5. The maximum Gasteiger partial charge on any atom is 0.315 e. The zero-order valence-electron chi connectivity index (χ0n) is 28.4. The van der Waals surface area contributed by atoms with E-state index in [0.29, 0.717) is 13.0 Å². The summed E-state index contributed by atoms with van der Waals surface area (Å²) in [6.07, 6.45) is 6.45. The normalized spacial score (nSPS) is 25.4. The van der Waals surface area contributed by atoms with Crippen molar-refractivity contribution >= 4 is 39.4 Å². The number of hydrogen-bond donors (Lipinski definition) is 4. The van der Waals surface area contributed by atoms with Crippen LogP contribution in [-0.2, 0) is 29.0 Å². The van der Waals surface area contributed by atoms with Gasteiger partial charge in [0.25, 0.3) is 5.91 Å². The Labute approximate surface area is 283 Å². The zero-order chi connectivity index (χ0) is 35.0. The lowest BCUT2D eigenvalue weighted by Crippen LogP contribution is -2.61. The molecular weight excluding hydrogens is 634 g/mol. The second kappa shape index (κ2) is 14.2. The molecular formula is C35H51N5O7S. The van der Waals surface area contributed by atoms with E-state index in [-0.39, 0.29) is 51.6 Å². The number of ketones is 1. The SMILES string of the molecule is CC(C)[C@@H](CS(=O)(=O)c1ccccc1)NC(=O)N[C@H](C(=O)N1CC2C(C1C(=O)NC(CC1CC1)C(=O)C(N)=O)C2(C)C)C1CCCCC1. The van der Waals surface area contributed by atoms with Crippen molar-refractivity contribution in [2.45, 2.75) is 108 Å². The molecule has 5 N–H and O–H groups in total. The molecule has 0 spiro atoms. The van der Waals surface area contributed by atoms with Gasteiger partial charge in [0.05, 0.1) is 16.7 Å². The Morgan fingerprint density at radius 2 is 1.58 bits per heavy atom. The van der Waals surface area contributed by atoms with E-state index in [1.165, 1.54) is 12.1 Å². The van der Waals surface area contributed by atoms with E-state index in [1.54, 1.807) is 23.1 Å². The minimum atomic E-state index is -3.70. The summed E-state index contributed by atoms with van der Waals surface area (Å²) in [4.78, 5) is 68.2. The van der Waals surface area contributed by atoms with Gasteiger partial charge in [0.2, 0.25) is 17.6 Å². The summed E-state index contributed by atoms with van der Waals surface area (Å²) in [5.41, 5.74) is 5.12. The fourth-order valence-electron chi connectivity index (χ4n) is 7.90. The summed E-state index contributed by atoms with van der Waals surface area (Å²) in [5.74, 6) is -3.30. The van der Waals surface area contributed by atoms with Crippen LogP contribution in [-0.4, -0.2) is 79.3 Å². The van der Waals surface area contributed by atoms with Gasteiger partial charge in [-0.2, -0.15) is 0 Å². The van der Waals surface area contributed by atoms with Crippen LogP contribution < -0.4 is 21.7 Å². The molecule has 1 saturated heterocycles. The van der Waals surface area contributed by atoms with Gasteiger partial charge in [-0.1, -0.05) is 78.0 Å². The second-order valence-corrected chi connectivity index (χ2v) is 17.3. The van der Waals surface area contributed by atoms with E-state index in [1.807, 2.05) is 13.8 Å². The largest absolute Gasteiger partial charge is 0.363 e. The van der Waals surface area contributed by atoms with E-state index in [4.69, 9.17) is 5.73 Å². The Kier molecular flexibility index (Phi) is 10.6. The van der Waals surface area contributed by atoms with E-state index < -0.39 is 57.6 Å². The number of likely N-dealkylation sites (tertiary alicyclic amines) is 1. The molecule has 5 rings (SSSR count). The fourth-order valence-corrected chi connectivity index (χ4v) is 9.61. The highest BCUT2D eigenvalue weighted by molar-refractivity contribution is 7.91. The highest BCUT2D eigenvalue weighted by Gasteiger charge is 2.69.